The maximum Gasteiger partial charge on any atom is 0.290 e. The summed E-state index contributed by atoms with van der Waals surface area (Å²) in [4.78, 5) is 28.1. The van der Waals surface area contributed by atoms with Gasteiger partial charge in [0.15, 0.2) is 5.43 Å². The van der Waals surface area contributed by atoms with Crippen LogP contribution in [0.25, 0.3) is 11.0 Å². The molecule has 5 heteroatoms. The van der Waals surface area contributed by atoms with Gasteiger partial charge in [0.05, 0.1) is 23.6 Å². The van der Waals surface area contributed by atoms with E-state index < -0.39 is 6.04 Å². The predicted octanol–water partition coefficient (Wildman–Crippen LogP) is 4.28. The highest BCUT2D eigenvalue weighted by Crippen LogP contribution is 2.38. The third-order valence-corrected chi connectivity index (χ3v) is 5.50. The zero-order valence-corrected chi connectivity index (χ0v) is 17.2. The zero-order chi connectivity index (χ0) is 20.8. The maximum absolute atomic E-state index is 13.3. The van der Waals surface area contributed by atoms with Crippen molar-refractivity contribution in [1.82, 2.24) is 4.90 Å². The lowest BCUT2D eigenvalue weighted by Crippen LogP contribution is -2.32. The molecule has 29 heavy (non-hydrogen) atoms. The van der Waals surface area contributed by atoms with Gasteiger partial charge in [0.2, 0.25) is 5.76 Å². The standard InChI is InChI=1S/C24H25NO4/c1-24(2,3)16-11-9-15(10-12-16)20-19-21(26)17-7-5-6-8-18(17)29-22(19)23(27)25(20)13-14-28-4/h5-12,20H,13-14H2,1-4H3/t20-/m0/s1. The van der Waals surface area contributed by atoms with E-state index in [1.54, 1.807) is 36.3 Å². The second-order valence-electron chi connectivity index (χ2n) is 8.44. The van der Waals surface area contributed by atoms with E-state index in [9.17, 15) is 9.59 Å². The molecular formula is C24H25NO4. The van der Waals surface area contributed by atoms with Crippen molar-refractivity contribution in [1.29, 1.82) is 0 Å². The smallest absolute Gasteiger partial charge is 0.290 e. The van der Waals surface area contributed by atoms with E-state index in [-0.39, 0.29) is 22.5 Å². The fraction of sp³-hybridized carbons (Fsp3) is 0.333. The van der Waals surface area contributed by atoms with Crippen molar-refractivity contribution in [3.8, 4) is 0 Å². The molecule has 1 amide bonds. The number of ether oxygens (including phenoxy) is 1. The largest absolute Gasteiger partial charge is 0.450 e. The summed E-state index contributed by atoms with van der Waals surface area (Å²) < 4.78 is 11.1. The van der Waals surface area contributed by atoms with E-state index in [2.05, 4.69) is 32.9 Å². The number of methoxy groups -OCH3 is 1. The van der Waals surface area contributed by atoms with Gasteiger partial charge in [-0.2, -0.15) is 0 Å². The molecule has 0 aliphatic carbocycles. The Balaban J connectivity index is 1.90. The number of hydrogen-bond donors (Lipinski definition) is 0. The van der Waals surface area contributed by atoms with Crippen molar-refractivity contribution in [2.45, 2.75) is 32.2 Å². The summed E-state index contributed by atoms with van der Waals surface area (Å²) in [6.45, 7) is 7.22. The van der Waals surface area contributed by atoms with E-state index in [1.165, 1.54) is 5.56 Å². The molecule has 5 nitrogen and oxygen atoms in total. The second kappa shape index (κ2) is 7.16. The molecule has 3 aromatic rings. The summed E-state index contributed by atoms with van der Waals surface area (Å²) in [6.07, 6.45) is 0. The predicted molar refractivity (Wildman–Crippen MR) is 112 cm³/mol. The molecule has 1 aliphatic heterocycles. The molecule has 1 atom stereocenters. The van der Waals surface area contributed by atoms with Crippen LogP contribution in [0.3, 0.4) is 0 Å². The van der Waals surface area contributed by atoms with E-state index in [1.807, 2.05) is 12.1 Å². The average molecular weight is 391 g/mol. The molecule has 1 aliphatic rings. The minimum absolute atomic E-state index is 0.0207. The third kappa shape index (κ3) is 3.25. The van der Waals surface area contributed by atoms with Crippen molar-refractivity contribution < 1.29 is 13.9 Å². The van der Waals surface area contributed by atoms with Crippen LogP contribution in [-0.4, -0.2) is 31.1 Å². The Bertz CT molecular complexity index is 1120. The van der Waals surface area contributed by atoms with Gasteiger partial charge in [-0.3, -0.25) is 9.59 Å². The number of nitrogens with zero attached hydrogens (tertiary/aromatic N) is 1. The Morgan fingerprint density at radius 1 is 1.03 bits per heavy atom. The molecule has 0 saturated heterocycles. The summed E-state index contributed by atoms with van der Waals surface area (Å²) in [7, 11) is 1.60. The molecular weight excluding hydrogens is 366 g/mol. The molecule has 2 heterocycles. The van der Waals surface area contributed by atoms with Crippen LogP contribution in [0.2, 0.25) is 0 Å². The maximum atomic E-state index is 13.3. The number of para-hydroxylation sites is 1. The fourth-order valence-corrected chi connectivity index (χ4v) is 3.90. The summed E-state index contributed by atoms with van der Waals surface area (Å²) in [5, 5.41) is 0.490. The normalized spacial score (nSPS) is 16.5. The molecule has 0 N–H and O–H groups in total. The Kier molecular flexibility index (Phi) is 4.79. The highest BCUT2D eigenvalue weighted by Gasteiger charge is 2.42. The highest BCUT2D eigenvalue weighted by molar-refractivity contribution is 5.99. The average Bonchev–Trinajstić information content (AvgIpc) is 2.98. The minimum atomic E-state index is -0.484. The molecule has 0 unspecified atom stereocenters. The summed E-state index contributed by atoms with van der Waals surface area (Å²) in [6, 6.07) is 14.7. The molecule has 0 bridgehead atoms. The Morgan fingerprint density at radius 2 is 1.72 bits per heavy atom. The lowest BCUT2D eigenvalue weighted by atomic mass is 9.86. The SMILES string of the molecule is COCCN1C(=O)c2oc3ccccc3c(=O)c2[C@@H]1c1ccc(C(C)(C)C)cc1. The van der Waals surface area contributed by atoms with Crippen molar-refractivity contribution in [3.05, 3.63) is 81.2 Å². The first-order valence-electron chi connectivity index (χ1n) is 9.79. The Labute approximate surface area is 169 Å². The molecule has 4 rings (SSSR count). The van der Waals surface area contributed by atoms with Gasteiger partial charge >= 0.3 is 0 Å². The van der Waals surface area contributed by atoms with Gasteiger partial charge in [0.25, 0.3) is 5.91 Å². The molecule has 0 radical (unpaired) electrons. The van der Waals surface area contributed by atoms with Crippen LogP contribution in [0.4, 0.5) is 0 Å². The molecule has 1 aromatic heterocycles. The molecule has 0 spiro atoms. The first-order chi connectivity index (χ1) is 13.8. The molecule has 0 fully saturated rings. The van der Waals surface area contributed by atoms with Crippen LogP contribution >= 0.6 is 0 Å². The van der Waals surface area contributed by atoms with Gasteiger partial charge in [-0.05, 0) is 28.7 Å². The fourth-order valence-electron chi connectivity index (χ4n) is 3.90. The van der Waals surface area contributed by atoms with Crippen molar-refractivity contribution in [2.75, 3.05) is 20.3 Å². The molecule has 2 aromatic carbocycles. The van der Waals surface area contributed by atoms with Crippen LogP contribution in [0.15, 0.2) is 57.7 Å². The van der Waals surface area contributed by atoms with Crippen LogP contribution < -0.4 is 5.43 Å². The van der Waals surface area contributed by atoms with Gasteiger partial charge in [0.1, 0.15) is 5.58 Å². The van der Waals surface area contributed by atoms with Crippen LogP contribution in [0, 0.1) is 0 Å². The van der Waals surface area contributed by atoms with Gasteiger partial charge in [-0.1, -0.05) is 57.2 Å². The van der Waals surface area contributed by atoms with Crippen LogP contribution in [-0.2, 0) is 10.2 Å². The topological polar surface area (TPSA) is 59.8 Å². The van der Waals surface area contributed by atoms with Crippen molar-refractivity contribution >= 4 is 16.9 Å². The quantitative estimate of drug-likeness (QED) is 0.666. The van der Waals surface area contributed by atoms with Gasteiger partial charge < -0.3 is 14.1 Å². The van der Waals surface area contributed by atoms with E-state index in [0.29, 0.717) is 29.7 Å². The van der Waals surface area contributed by atoms with Gasteiger partial charge in [-0.15, -0.1) is 0 Å². The third-order valence-electron chi connectivity index (χ3n) is 5.50. The number of fused-ring (bicyclic) bond motifs is 2. The first-order valence-corrected chi connectivity index (χ1v) is 9.79. The summed E-state index contributed by atoms with van der Waals surface area (Å²) in [5.74, 6) is -0.139. The molecule has 0 saturated carbocycles. The van der Waals surface area contributed by atoms with E-state index in [4.69, 9.17) is 9.15 Å². The number of carbonyl (C=O) groups is 1. The van der Waals surface area contributed by atoms with Crippen molar-refractivity contribution in [2.24, 2.45) is 0 Å². The summed E-state index contributed by atoms with van der Waals surface area (Å²) >= 11 is 0. The molecule has 150 valence electrons. The van der Waals surface area contributed by atoms with E-state index in [0.717, 1.165) is 5.56 Å². The Hall–Kier alpha value is -2.92. The van der Waals surface area contributed by atoms with Crippen molar-refractivity contribution in [3.63, 3.8) is 0 Å². The number of amides is 1. The zero-order valence-electron chi connectivity index (χ0n) is 17.2. The van der Waals surface area contributed by atoms with Gasteiger partial charge in [-0.25, -0.2) is 0 Å². The summed E-state index contributed by atoms with van der Waals surface area (Å²) in [5.41, 5.74) is 2.80. The first kappa shape index (κ1) is 19.4. The van der Waals surface area contributed by atoms with E-state index >= 15 is 0 Å². The van der Waals surface area contributed by atoms with Crippen LogP contribution in [0.1, 0.15) is 54.1 Å². The number of rotatable bonds is 4. The minimum Gasteiger partial charge on any atom is -0.450 e. The van der Waals surface area contributed by atoms with Gasteiger partial charge in [0, 0.05) is 13.7 Å². The Morgan fingerprint density at radius 3 is 2.38 bits per heavy atom. The monoisotopic (exact) mass is 391 g/mol. The highest BCUT2D eigenvalue weighted by atomic mass is 16.5. The lowest BCUT2D eigenvalue weighted by Gasteiger charge is -2.26. The second-order valence-corrected chi connectivity index (χ2v) is 8.44. The number of hydrogen-bond acceptors (Lipinski definition) is 4. The lowest BCUT2D eigenvalue weighted by molar-refractivity contribution is 0.0663. The van der Waals surface area contributed by atoms with Crippen LogP contribution in [0.5, 0.6) is 0 Å². The number of benzene rings is 2. The number of carbonyl (C=O) groups excluding carboxylic acids is 1.